The summed E-state index contributed by atoms with van der Waals surface area (Å²) in [5, 5.41) is 3.37. The topological polar surface area (TPSA) is 37.0 Å². The normalized spacial score (nSPS) is 16.2. The van der Waals surface area contributed by atoms with Crippen molar-refractivity contribution in [3.8, 4) is 11.5 Å². The predicted molar refractivity (Wildman–Crippen MR) is 85.2 cm³/mol. The zero-order chi connectivity index (χ0) is 15.1. The van der Waals surface area contributed by atoms with Crippen LogP contribution < -0.4 is 14.8 Å². The lowest BCUT2D eigenvalue weighted by Gasteiger charge is -2.27. The number of ether oxygens (including phenoxy) is 2. The van der Waals surface area contributed by atoms with Crippen molar-refractivity contribution in [2.45, 2.75) is 6.54 Å². The van der Waals surface area contributed by atoms with Gasteiger partial charge < -0.3 is 19.7 Å². The highest BCUT2D eigenvalue weighted by Gasteiger charge is 2.12. The van der Waals surface area contributed by atoms with Crippen LogP contribution in [0.1, 0.15) is 5.56 Å². The Morgan fingerprint density at radius 2 is 1.95 bits per heavy atom. The second-order valence-electron chi connectivity index (χ2n) is 5.66. The third-order valence-corrected chi connectivity index (χ3v) is 3.64. The Bertz CT molecular complexity index is 432. The van der Waals surface area contributed by atoms with Gasteiger partial charge in [0.05, 0.1) is 7.11 Å². The zero-order valence-electron chi connectivity index (χ0n) is 13.4. The molecule has 2 rings (SSSR count). The van der Waals surface area contributed by atoms with E-state index in [4.69, 9.17) is 9.47 Å². The van der Waals surface area contributed by atoms with E-state index in [9.17, 15) is 0 Å². The van der Waals surface area contributed by atoms with Crippen molar-refractivity contribution in [3.63, 3.8) is 0 Å². The average molecular weight is 293 g/mol. The molecule has 0 unspecified atom stereocenters. The molecule has 0 radical (unpaired) electrons. The first-order valence-electron chi connectivity index (χ1n) is 7.56. The fourth-order valence-corrected chi connectivity index (χ4v) is 2.40. The van der Waals surface area contributed by atoms with Gasteiger partial charge in [0.2, 0.25) is 0 Å². The highest BCUT2D eigenvalue weighted by molar-refractivity contribution is 5.43. The molecule has 1 aromatic carbocycles. The molecule has 5 nitrogen and oxygen atoms in total. The lowest BCUT2D eigenvalue weighted by atomic mass is 10.1. The van der Waals surface area contributed by atoms with Crippen molar-refractivity contribution in [2.24, 2.45) is 0 Å². The first kappa shape index (κ1) is 16.1. The van der Waals surface area contributed by atoms with E-state index in [-0.39, 0.29) is 0 Å². The molecule has 1 saturated heterocycles. The molecular formula is C16H27N3O2. The van der Waals surface area contributed by atoms with E-state index in [1.807, 2.05) is 20.2 Å². The van der Waals surface area contributed by atoms with Crippen LogP contribution in [0.4, 0.5) is 0 Å². The first-order chi connectivity index (χ1) is 10.2. The van der Waals surface area contributed by atoms with E-state index in [1.165, 1.54) is 5.56 Å². The van der Waals surface area contributed by atoms with E-state index in [2.05, 4.69) is 27.2 Å². The van der Waals surface area contributed by atoms with Crippen LogP contribution in [0.25, 0.3) is 0 Å². The summed E-state index contributed by atoms with van der Waals surface area (Å²) >= 11 is 0. The van der Waals surface area contributed by atoms with Crippen molar-refractivity contribution in [3.05, 3.63) is 23.8 Å². The van der Waals surface area contributed by atoms with Crippen LogP contribution in [0.15, 0.2) is 18.2 Å². The van der Waals surface area contributed by atoms with E-state index in [0.29, 0.717) is 6.61 Å². The number of likely N-dealkylation sites (N-methyl/N-ethyl adjacent to an activating group) is 1. The smallest absolute Gasteiger partial charge is 0.161 e. The fraction of sp³-hybridized carbons (Fsp3) is 0.625. The third kappa shape index (κ3) is 5.19. The van der Waals surface area contributed by atoms with Crippen LogP contribution >= 0.6 is 0 Å². The summed E-state index contributed by atoms with van der Waals surface area (Å²) < 4.78 is 11.3. The molecule has 0 bridgehead atoms. The Morgan fingerprint density at radius 3 is 2.62 bits per heavy atom. The van der Waals surface area contributed by atoms with Crippen LogP contribution in [-0.4, -0.2) is 70.3 Å². The molecule has 0 saturated carbocycles. The molecule has 1 heterocycles. The lowest BCUT2D eigenvalue weighted by molar-refractivity contribution is 0.232. The Balaban J connectivity index is 1.94. The maximum Gasteiger partial charge on any atom is 0.161 e. The van der Waals surface area contributed by atoms with Crippen LogP contribution in [0.3, 0.4) is 0 Å². The van der Waals surface area contributed by atoms with E-state index in [1.54, 1.807) is 7.11 Å². The third-order valence-electron chi connectivity index (χ3n) is 3.64. The molecule has 0 spiro atoms. The molecule has 118 valence electrons. The fourth-order valence-electron chi connectivity index (χ4n) is 2.40. The number of nitrogens with one attached hydrogen (secondary N) is 1. The van der Waals surface area contributed by atoms with E-state index >= 15 is 0 Å². The molecule has 1 aromatic rings. The van der Waals surface area contributed by atoms with Gasteiger partial charge in [-0.1, -0.05) is 6.07 Å². The number of rotatable bonds is 7. The largest absolute Gasteiger partial charge is 0.493 e. The Kier molecular flexibility index (Phi) is 6.29. The van der Waals surface area contributed by atoms with Crippen molar-refractivity contribution in [1.82, 2.24) is 15.1 Å². The lowest BCUT2D eigenvalue weighted by Crippen LogP contribution is -2.42. The highest BCUT2D eigenvalue weighted by Crippen LogP contribution is 2.28. The molecule has 0 aromatic heterocycles. The summed E-state index contributed by atoms with van der Waals surface area (Å²) in [5.41, 5.74) is 1.27. The summed E-state index contributed by atoms with van der Waals surface area (Å²) in [6, 6.07) is 6.24. The Labute approximate surface area is 127 Å². The summed E-state index contributed by atoms with van der Waals surface area (Å²) in [7, 11) is 5.77. The minimum absolute atomic E-state index is 0.667. The molecule has 0 aliphatic carbocycles. The summed E-state index contributed by atoms with van der Waals surface area (Å²) in [5.74, 6) is 1.64. The van der Waals surface area contributed by atoms with Gasteiger partial charge in [-0.25, -0.2) is 0 Å². The first-order valence-corrected chi connectivity index (χ1v) is 7.56. The minimum Gasteiger partial charge on any atom is -0.493 e. The second-order valence-corrected chi connectivity index (χ2v) is 5.66. The second kappa shape index (κ2) is 8.22. The summed E-state index contributed by atoms with van der Waals surface area (Å²) in [4.78, 5) is 4.56. The van der Waals surface area contributed by atoms with Crippen molar-refractivity contribution in [2.75, 3.05) is 60.5 Å². The van der Waals surface area contributed by atoms with Gasteiger partial charge in [-0.15, -0.1) is 0 Å². The highest BCUT2D eigenvalue weighted by atomic mass is 16.5. The Hall–Kier alpha value is -1.30. The van der Waals surface area contributed by atoms with Gasteiger partial charge in [0, 0.05) is 39.3 Å². The molecule has 5 heteroatoms. The molecule has 1 N–H and O–H groups in total. The van der Waals surface area contributed by atoms with E-state index < -0.39 is 0 Å². The van der Waals surface area contributed by atoms with Crippen LogP contribution in [-0.2, 0) is 6.54 Å². The molecule has 1 aliphatic heterocycles. The van der Waals surface area contributed by atoms with Gasteiger partial charge in [-0.05, 0) is 31.8 Å². The number of piperazine rings is 1. The van der Waals surface area contributed by atoms with Gasteiger partial charge in [0.1, 0.15) is 6.61 Å². The molecule has 21 heavy (non-hydrogen) atoms. The Morgan fingerprint density at radius 1 is 1.19 bits per heavy atom. The quantitative estimate of drug-likeness (QED) is 0.813. The molecule has 1 fully saturated rings. The number of methoxy groups -OCH3 is 1. The van der Waals surface area contributed by atoms with E-state index in [0.717, 1.165) is 50.8 Å². The minimum atomic E-state index is 0.667. The van der Waals surface area contributed by atoms with Gasteiger partial charge >= 0.3 is 0 Å². The molecule has 0 atom stereocenters. The number of hydrogen-bond donors (Lipinski definition) is 1. The van der Waals surface area contributed by atoms with Gasteiger partial charge in [0.25, 0.3) is 0 Å². The standard InChI is InChI=1S/C16H27N3O2/c1-18(2)10-11-21-15-5-4-14(12-16(15)20-3)13-19-8-6-17-7-9-19/h4-5,12,17H,6-11,13H2,1-3H3. The van der Waals surface area contributed by atoms with Gasteiger partial charge in [-0.2, -0.15) is 0 Å². The van der Waals surface area contributed by atoms with Crippen LogP contribution in [0, 0.1) is 0 Å². The van der Waals surface area contributed by atoms with Crippen LogP contribution in [0.5, 0.6) is 11.5 Å². The predicted octanol–water partition coefficient (Wildman–Crippen LogP) is 1.04. The maximum atomic E-state index is 5.79. The number of nitrogens with zero attached hydrogens (tertiary/aromatic N) is 2. The SMILES string of the molecule is COc1cc(CN2CCNCC2)ccc1OCCN(C)C. The molecular weight excluding hydrogens is 266 g/mol. The molecule has 1 aliphatic rings. The average Bonchev–Trinajstić information content (AvgIpc) is 2.49. The van der Waals surface area contributed by atoms with Crippen molar-refractivity contribution in [1.29, 1.82) is 0 Å². The zero-order valence-corrected chi connectivity index (χ0v) is 13.4. The number of hydrogen-bond acceptors (Lipinski definition) is 5. The molecule has 0 amide bonds. The summed E-state index contributed by atoms with van der Waals surface area (Å²) in [6.07, 6.45) is 0. The van der Waals surface area contributed by atoms with Crippen molar-refractivity contribution < 1.29 is 9.47 Å². The van der Waals surface area contributed by atoms with Crippen molar-refractivity contribution >= 4 is 0 Å². The monoisotopic (exact) mass is 293 g/mol. The number of benzene rings is 1. The maximum absolute atomic E-state index is 5.79. The summed E-state index contributed by atoms with van der Waals surface area (Å²) in [6.45, 7) is 6.88. The van der Waals surface area contributed by atoms with Crippen LogP contribution in [0.2, 0.25) is 0 Å². The van der Waals surface area contributed by atoms with Gasteiger partial charge in [-0.3, -0.25) is 4.90 Å². The van der Waals surface area contributed by atoms with Gasteiger partial charge in [0.15, 0.2) is 11.5 Å².